The number of methoxy groups -OCH3 is 1. The number of hydrogen-bond donors (Lipinski definition) is 1. The van der Waals surface area contributed by atoms with Crippen molar-refractivity contribution in [3.8, 4) is 0 Å². The molecule has 2 bridgehead atoms. The molecule has 0 aromatic heterocycles. The van der Waals surface area contributed by atoms with Gasteiger partial charge in [0.1, 0.15) is 5.54 Å². The van der Waals surface area contributed by atoms with Crippen LogP contribution in [0.2, 0.25) is 0 Å². The molecule has 3 aliphatic heterocycles. The molecule has 4 nitrogen and oxygen atoms in total. The minimum Gasteiger partial charge on any atom is -0.394 e. The molecule has 4 unspecified atom stereocenters. The largest absolute Gasteiger partial charge is 0.394 e. The van der Waals surface area contributed by atoms with Crippen LogP contribution in [0.15, 0.2) is 0 Å². The van der Waals surface area contributed by atoms with Crippen LogP contribution in [0.3, 0.4) is 0 Å². The van der Waals surface area contributed by atoms with Gasteiger partial charge in [0, 0.05) is 19.6 Å². The molecule has 3 heterocycles. The number of piperidine rings is 3. The molecule has 0 aliphatic carbocycles. The van der Waals surface area contributed by atoms with E-state index in [2.05, 4.69) is 0 Å². The van der Waals surface area contributed by atoms with Gasteiger partial charge in [-0.05, 0) is 13.0 Å². The lowest BCUT2D eigenvalue weighted by Crippen LogP contribution is -2.72. The number of carbonyl (C=O) groups excluding carboxylic acids is 1. The molecule has 0 spiro atoms. The molecular formula is C11H16F3NO3. The van der Waals surface area contributed by atoms with Crippen LogP contribution in [0.5, 0.6) is 0 Å². The number of Topliss-reactive ketones (excluding diaryl/α,β-unsaturated/α-hetero) is 1. The number of alkyl halides is 3. The Bertz CT molecular complexity index is 347. The summed E-state index contributed by atoms with van der Waals surface area (Å²) in [5.41, 5.74) is -1.28. The fourth-order valence-electron chi connectivity index (χ4n) is 3.11. The first-order chi connectivity index (χ1) is 8.36. The Morgan fingerprint density at radius 2 is 2.22 bits per heavy atom. The highest BCUT2D eigenvalue weighted by atomic mass is 19.4. The molecular weight excluding hydrogens is 251 g/mol. The molecule has 0 aromatic rings. The lowest BCUT2D eigenvalue weighted by molar-refractivity contribution is -0.229. The van der Waals surface area contributed by atoms with Gasteiger partial charge in [0.25, 0.3) is 0 Å². The first-order valence-electron chi connectivity index (χ1n) is 5.82. The smallest absolute Gasteiger partial charge is 0.393 e. The first-order valence-corrected chi connectivity index (χ1v) is 5.82. The van der Waals surface area contributed by atoms with Crippen LogP contribution >= 0.6 is 0 Å². The van der Waals surface area contributed by atoms with Gasteiger partial charge in [-0.1, -0.05) is 0 Å². The van der Waals surface area contributed by atoms with Gasteiger partial charge in [0.15, 0.2) is 5.78 Å². The fraction of sp³-hybridized carbons (Fsp3) is 0.909. The van der Waals surface area contributed by atoms with Crippen LogP contribution in [-0.4, -0.2) is 60.9 Å². The zero-order chi connectivity index (χ0) is 13.6. The topological polar surface area (TPSA) is 49.8 Å². The quantitative estimate of drug-likeness (QED) is 0.806. The Labute approximate surface area is 103 Å². The van der Waals surface area contributed by atoms with E-state index in [1.807, 2.05) is 0 Å². The summed E-state index contributed by atoms with van der Waals surface area (Å²) in [6.45, 7) is -0.402. The number of aliphatic hydroxyl groups excluding tert-OH is 1. The molecule has 18 heavy (non-hydrogen) atoms. The maximum absolute atomic E-state index is 12.8. The summed E-state index contributed by atoms with van der Waals surface area (Å²) in [6.07, 6.45) is -4.16. The van der Waals surface area contributed by atoms with Crippen LogP contribution in [-0.2, 0) is 9.53 Å². The van der Waals surface area contributed by atoms with E-state index in [9.17, 15) is 23.1 Å². The van der Waals surface area contributed by atoms with E-state index in [0.29, 0.717) is 6.54 Å². The summed E-state index contributed by atoms with van der Waals surface area (Å²) in [4.78, 5) is 13.6. The molecule has 3 saturated heterocycles. The molecule has 4 atom stereocenters. The summed E-state index contributed by atoms with van der Waals surface area (Å²) in [7, 11) is 1.37. The third-order valence-corrected chi connectivity index (χ3v) is 4.08. The lowest BCUT2D eigenvalue weighted by atomic mass is 9.68. The normalized spacial score (nSPS) is 40.3. The first kappa shape index (κ1) is 13.8. The standard InChI is InChI=1S/C11H16F3NO3/c1-18-6-10(5-16)9(17)7-2-3-15(10)4-8(7)11(12,13)14/h7-8,16H,2-6H2,1H3. The van der Waals surface area contributed by atoms with Crippen molar-refractivity contribution in [1.82, 2.24) is 4.90 Å². The third kappa shape index (κ3) is 1.85. The fourth-order valence-corrected chi connectivity index (χ4v) is 3.11. The molecule has 7 heteroatoms. The highest BCUT2D eigenvalue weighted by Gasteiger charge is 2.62. The van der Waals surface area contributed by atoms with Crippen molar-refractivity contribution in [1.29, 1.82) is 0 Å². The number of rotatable bonds is 3. The molecule has 0 saturated carbocycles. The third-order valence-electron chi connectivity index (χ3n) is 4.08. The van der Waals surface area contributed by atoms with Crippen LogP contribution < -0.4 is 0 Å². The highest BCUT2D eigenvalue weighted by Crippen LogP contribution is 2.46. The van der Waals surface area contributed by atoms with Gasteiger partial charge in [-0.15, -0.1) is 0 Å². The summed E-state index contributed by atoms with van der Waals surface area (Å²) in [5.74, 6) is -3.20. The van der Waals surface area contributed by atoms with E-state index in [1.165, 1.54) is 12.0 Å². The van der Waals surface area contributed by atoms with E-state index < -0.39 is 35.9 Å². The summed E-state index contributed by atoms with van der Waals surface area (Å²) in [5, 5.41) is 9.43. The number of fused-ring (bicyclic) bond motifs is 3. The van der Waals surface area contributed by atoms with Gasteiger partial charge < -0.3 is 9.84 Å². The SMILES string of the molecule is COCC1(CO)C(=O)C2CCN1CC2C(F)(F)F. The average molecular weight is 267 g/mol. The summed E-state index contributed by atoms with van der Waals surface area (Å²) >= 11 is 0. The summed E-state index contributed by atoms with van der Waals surface area (Å²) < 4.78 is 43.4. The van der Waals surface area contributed by atoms with Gasteiger partial charge in [0.2, 0.25) is 0 Å². The number of hydrogen-bond acceptors (Lipinski definition) is 4. The average Bonchev–Trinajstić information content (AvgIpc) is 2.32. The van der Waals surface area contributed by atoms with Crippen LogP contribution in [0.25, 0.3) is 0 Å². The van der Waals surface area contributed by atoms with E-state index in [1.54, 1.807) is 0 Å². The second-order valence-electron chi connectivity index (χ2n) is 4.98. The van der Waals surface area contributed by atoms with Crippen molar-refractivity contribution in [3.05, 3.63) is 0 Å². The zero-order valence-electron chi connectivity index (χ0n) is 10.0. The maximum atomic E-state index is 12.8. The van der Waals surface area contributed by atoms with Crippen molar-refractivity contribution >= 4 is 5.78 Å². The predicted molar refractivity (Wildman–Crippen MR) is 55.9 cm³/mol. The van der Waals surface area contributed by atoms with Crippen molar-refractivity contribution in [3.63, 3.8) is 0 Å². The van der Waals surface area contributed by atoms with Crippen molar-refractivity contribution < 1.29 is 27.8 Å². The molecule has 3 aliphatic rings. The van der Waals surface area contributed by atoms with Gasteiger partial charge >= 0.3 is 6.18 Å². The van der Waals surface area contributed by atoms with Gasteiger partial charge in [-0.2, -0.15) is 13.2 Å². The molecule has 3 rings (SSSR count). The number of aliphatic hydroxyl groups is 1. The Morgan fingerprint density at radius 3 is 2.67 bits per heavy atom. The summed E-state index contributed by atoms with van der Waals surface area (Å²) in [6, 6.07) is 0. The van der Waals surface area contributed by atoms with Crippen molar-refractivity contribution in [2.45, 2.75) is 18.1 Å². The lowest BCUT2D eigenvalue weighted by Gasteiger charge is -2.54. The van der Waals surface area contributed by atoms with Crippen LogP contribution in [0, 0.1) is 11.8 Å². The molecule has 1 N–H and O–H groups in total. The Kier molecular flexibility index (Phi) is 3.42. The van der Waals surface area contributed by atoms with E-state index in [4.69, 9.17) is 4.74 Å². The highest BCUT2D eigenvalue weighted by molar-refractivity contribution is 5.92. The predicted octanol–water partition coefficient (Wildman–Crippen LogP) is 0.447. The van der Waals surface area contributed by atoms with E-state index in [0.717, 1.165) is 0 Å². The van der Waals surface area contributed by atoms with Gasteiger partial charge in [0.05, 0.1) is 19.1 Å². The number of carbonyl (C=O) groups is 1. The minimum atomic E-state index is -4.37. The van der Waals surface area contributed by atoms with Gasteiger partial charge in [-0.3, -0.25) is 9.69 Å². The molecule has 0 amide bonds. The second-order valence-corrected chi connectivity index (χ2v) is 4.98. The molecule has 0 radical (unpaired) electrons. The Hall–Kier alpha value is -0.660. The van der Waals surface area contributed by atoms with E-state index in [-0.39, 0.29) is 19.6 Å². The number of halogens is 3. The molecule has 0 aromatic carbocycles. The Balaban J connectivity index is 2.31. The van der Waals surface area contributed by atoms with Crippen molar-refractivity contribution in [2.75, 3.05) is 33.4 Å². The van der Waals surface area contributed by atoms with Crippen LogP contribution in [0.1, 0.15) is 6.42 Å². The number of nitrogens with zero attached hydrogens (tertiary/aromatic N) is 1. The maximum Gasteiger partial charge on any atom is 0.393 e. The van der Waals surface area contributed by atoms with Crippen LogP contribution in [0.4, 0.5) is 13.2 Å². The minimum absolute atomic E-state index is 0.0661. The molecule has 104 valence electrons. The molecule has 3 fully saturated rings. The van der Waals surface area contributed by atoms with Crippen molar-refractivity contribution in [2.24, 2.45) is 11.8 Å². The second kappa shape index (κ2) is 4.47. The van der Waals surface area contributed by atoms with E-state index >= 15 is 0 Å². The Morgan fingerprint density at radius 1 is 1.56 bits per heavy atom. The monoisotopic (exact) mass is 267 g/mol. The number of ketones is 1. The number of ether oxygens (including phenoxy) is 1. The van der Waals surface area contributed by atoms with Gasteiger partial charge in [-0.25, -0.2) is 0 Å². The zero-order valence-corrected chi connectivity index (χ0v) is 10.0.